The molecule has 4 rings (SSSR count). The second-order valence-corrected chi connectivity index (χ2v) is 10.1. The van der Waals surface area contributed by atoms with E-state index in [1.54, 1.807) is 11.8 Å². The third kappa shape index (κ3) is 6.29. The number of piperidine rings is 1. The Labute approximate surface area is 233 Å². The summed E-state index contributed by atoms with van der Waals surface area (Å²) in [5.74, 6) is 6.91. The molecule has 2 aromatic heterocycles. The average Bonchev–Trinajstić information content (AvgIpc) is 3.52. The van der Waals surface area contributed by atoms with Crippen molar-refractivity contribution in [2.45, 2.75) is 83.5 Å². The molecule has 2 aromatic rings. The molecule has 2 fully saturated rings. The number of carbonyl (C=O) groups excluding carboxylic acids is 2. The first-order valence-electron chi connectivity index (χ1n) is 13.9. The molecule has 2 aliphatic heterocycles. The van der Waals surface area contributed by atoms with Crippen molar-refractivity contribution in [1.29, 1.82) is 0 Å². The van der Waals surface area contributed by atoms with Crippen molar-refractivity contribution in [2.75, 3.05) is 32.1 Å². The van der Waals surface area contributed by atoms with Gasteiger partial charge in [0.15, 0.2) is 29.3 Å². The number of nitrogens with zero attached hydrogens (tertiary/aromatic N) is 5. The zero-order chi connectivity index (χ0) is 28.8. The van der Waals surface area contributed by atoms with E-state index in [0.29, 0.717) is 49.0 Å². The number of amides is 2. The Bertz CT molecular complexity index is 1250. The summed E-state index contributed by atoms with van der Waals surface area (Å²) in [5.41, 5.74) is 0.839. The highest BCUT2D eigenvalue weighted by molar-refractivity contribution is 5.84. The monoisotopic (exact) mass is 557 g/mol. The summed E-state index contributed by atoms with van der Waals surface area (Å²) in [6, 6.07) is 0.154. The normalized spacial score (nSPS) is 23.2. The fourth-order valence-corrected chi connectivity index (χ4v) is 5.05. The van der Waals surface area contributed by atoms with E-state index >= 15 is 0 Å². The fraction of sp³-hybridized carbons (Fsp3) is 0.667. The van der Waals surface area contributed by atoms with Crippen LogP contribution in [-0.4, -0.2) is 97.7 Å². The molecule has 13 heteroatoms. The Hall–Kier alpha value is -3.47. The molecule has 0 radical (unpaired) electrons. The maximum Gasteiger partial charge on any atom is 0.409 e. The predicted octanol–water partition coefficient (Wildman–Crippen LogP) is 1.40. The summed E-state index contributed by atoms with van der Waals surface area (Å²) in [5, 5.41) is 27.3. The molecule has 0 bridgehead atoms. The van der Waals surface area contributed by atoms with Gasteiger partial charge in [-0.25, -0.2) is 19.7 Å². The highest BCUT2D eigenvalue weighted by atomic mass is 16.6. The molecule has 13 nitrogen and oxygen atoms in total. The van der Waals surface area contributed by atoms with Crippen molar-refractivity contribution in [3.8, 4) is 11.8 Å². The van der Waals surface area contributed by atoms with Crippen LogP contribution in [0.3, 0.4) is 0 Å². The number of aromatic nitrogens is 4. The molecule has 40 heavy (non-hydrogen) atoms. The minimum Gasteiger partial charge on any atom is -0.453 e. The number of aliphatic hydroxyl groups is 2. The van der Waals surface area contributed by atoms with Gasteiger partial charge in [0.05, 0.1) is 13.4 Å². The number of imidazole rings is 1. The zero-order valence-electron chi connectivity index (χ0n) is 23.5. The smallest absolute Gasteiger partial charge is 0.409 e. The lowest BCUT2D eigenvalue weighted by Gasteiger charge is -2.29. The first-order chi connectivity index (χ1) is 19.3. The van der Waals surface area contributed by atoms with Crippen molar-refractivity contribution in [3.05, 3.63) is 12.2 Å². The Kier molecular flexibility index (Phi) is 9.78. The van der Waals surface area contributed by atoms with Gasteiger partial charge in [-0.2, -0.15) is 0 Å². The highest BCUT2D eigenvalue weighted by Crippen LogP contribution is 2.33. The molecule has 0 aromatic carbocycles. The molecule has 4 atom stereocenters. The Morgan fingerprint density at radius 1 is 1.18 bits per heavy atom. The maximum absolute atomic E-state index is 12.4. The second-order valence-electron chi connectivity index (χ2n) is 10.1. The first kappa shape index (κ1) is 29.5. The topological polar surface area (TPSA) is 164 Å². The van der Waals surface area contributed by atoms with Gasteiger partial charge in [0.2, 0.25) is 5.82 Å². The van der Waals surface area contributed by atoms with Gasteiger partial charge >= 0.3 is 6.09 Å². The number of hydrogen-bond donors (Lipinski definition) is 4. The van der Waals surface area contributed by atoms with Gasteiger partial charge in [0.1, 0.15) is 12.2 Å². The molecular formula is C27H39N7O6. The molecule has 2 aliphatic rings. The van der Waals surface area contributed by atoms with Crippen LogP contribution < -0.4 is 10.6 Å². The predicted molar refractivity (Wildman–Crippen MR) is 146 cm³/mol. The number of nitrogens with one attached hydrogen (secondary N) is 2. The number of methoxy groups -OCH3 is 1. The maximum atomic E-state index is 12.4. The van der Waals surface area contributed by atoms with E-state index in [9.17, 15) is 19.8 Å². The van der Waals surface area contributed by atoms with Crippen molar-refractivity contribution in [1.82, 2.24) is 29.7 Å². The summed E-state index contributed by atoms with van der Waals surface area (Å²) in [7, 11) is 1.39. The Morgan fingerprint density at radius 2 is 1.90 bits per heavy atom. The fourth-order valence-electron chi connectivity index (χ4n) is 5.05. The molecule has 0 spiro atoms. The summed E-state index contributed by atoms with van der Waals surface area (Å²) < 4.78 is 12.1. The van der Waals surface area contributed by atoms with E-state index < -0.39 is 30.4 Å². The number of likely N-dealkylation sites (tertiary alicyclic amines) is 1. The molecule has 1 unspecified atom stereocenters. The van der Waals surface area contributed by atoms with E-state index in [1.807, 2.05) is 0 Å². The molecule has 4 N–H and O–H groups in total. The van der Waals surface area contributed by atoms with E-state index in [0.717, 1.165) is 25.7 Å². The Balaban J connectivity index is 1.60. The van der Waals surface area contributed by atoms with Gasteiger partial charge in [0.25, 0.3) is 5.91 Å². The lowest BCUT2D eigenvalue weighted by molar-refractivity contribution is -0.137. The van der Waals surface area contributed by atoms with Crippen LogP contribution in [0, 0.1) is 17.8 Å². The quantitative estimate of drug-likeness (QED) is 0.349. The van der Waals surface area contributed by atoms with Crippen molar-refractivity contribution in [3.63, 3.8) is 0 Å². The average molecular weight is 558 g/mol. The zero-order valence-corrected chi connectivity index (χ0v) is 23.5. The van der Waals surface area contributed by atoms with E-state index in [-0.39, 0.29) is 18.0 Å². The molecule has 2 saturated heterocycles. The number of aliphatic hydroxyl groups excluding tert-OH is 2. The molecule has 2 amide bonds. The SMILES string of the molecule is CCNC(=O)[C@H]1O[C@@H](n2cnc3c(NC(CC)CC)nc(C#CCC4CCN(C(=O)OC)CC4)nc32)[C@@H](O)C1O. The number of fused-ring (bicyclic) bond motifs is 1. The van der Waals surface area contributed by atoms with Crippen LogP contribution in [0.5, 0.6) is 0 Å². The van der Waals surface area contributed by atoms with Crippen LogP contribution in [-0.2, 0) is 14.3 Å². The van der Waals surface area contributed by atoms with Crippen molar-refractivity contribution >= 4 is 29.0 Å². The summed E-state index contributed by atoms with van der Waals surface area (Å²) in [4.78, 5) is 39.6. The lowest BCUT2D eigenvalue weighted by Crippen LogP contribution is -2.42. The standard InChI is InChI=1S/C27H39N7O6/c1-5-17(6-2)30-23-19-24(34(15-29-19)26-21(36)20(35)22(40-26)25(37)28-7-3)32-18(31-23)10-8-9-16-11-13-33(14-12-16)27(38)39-4/h15-17,20-22,26,35-36H,5-7,9,11-14H2,1-4H3,(H,28,37)(H,30,31,32)/t20?,21-,22-,26+/m0/s1. The van der Waals surface area contributed by atoms with Crippen LogP contribution in [0.1, 0.15) is 64.9 Å². The number of rotatable bonds is 8. The van der Waals surface area contributed by atoms with Crippen molar-refractivity contribution in [2.24, 2.45) is 5.92 Å². The molecular weight excluding hydrogens is 518 g/mol. The van der Waals surface area contributed by atoms with Crippen LogP contribution in [0.15, 0.2) is 6.33 Å². The first-order valence-corrected chi connectivity index (χ1v) is 13.9. The molecule has 4 heterocycles. The molecule has 218 valence electrons. The van der Waals surface area contributed by atoms with Gasteiger partial charge in [-0.3, -0.25) is 9.36 Å². The summed E-state index contributed by atoms with van der Waals surface area (Å²) in [6.45, 7) is 7.56. The van der Waals surface area contributed by atoms with Gasteiger partial charge in [-0.15, -0.1) is 0 Å². The van der Waals surface area contributed by atoms with Crippen LogP contribution in [0.2, 0.25) is 0 Å². The largest absolute Gasteiger partial charge is 0.453 e. The third-order valence-corrected chi connectivity index (χ3v) is 7.51. The number of ether oxygens (including phenoxy) is 2. The van der Waals surface area contributed by atoms with Gasteiger partial charge in [0, 0.05) is 32.1 Å². The van der Waals surface area contributed by atoms with Gasteiger partial charge < -0.3 is 35.2 Å². The van der Waals surface area contributed by atoms with Crippen molar-refractivity contribution < 1.29 is 29.3 Å². The second kappa shape index (κ2) is 13.3. The summed E-state index contributed by atoms with van der Waals surface area (Å²) >= 11 is 0. The Morgan fingerprint density at radius 3 is 2.55 bits per heavy atom. The highest BCUT2D eigenvalue weighted by Gasteiger charge is 2.47. The minimum absolute atomic E-state index is 0.154. The molecule has 0 saturated carbocycles. The number of likely N-dealkylation sites (N-methyl/N-ethyl adjacent to an activating group) is 1. The van der Waals surface area contributed by atoms with Crippen LogP contribution >= 0.6 is 0 Å². The van der Waals surface area contributed by atoms with Gasteiger partial charge in [-0.1, -0.05) is 19.8 Å². The third-order valence-electron chi connectivity index (χ3n) is 7.51. The number of anilines is 1. The van der Waals surface area contributed by atoms with Crippen LogP contribution in [0.4, 0.5) is 10.6 Å². The summed E-state index contributed by atoms with van der Waals surface area (Å²) in [6.07, 6.45) is 0.118. The van der Waals surface area contributed by atoms with Gasteiger partial charge in [-0.05, 0) is 44.4 Å². The van der Waals surface area contributed by atoms with E-state index in [4.69, 9.17) is 9.47 Å². The van der Waals surface area contributed by atoms with Crippen LogP contribution in [0.25, 0.3) is 11.2 Å². The number of hydrogen-bond acceptors (Lipinski definition) is 10. The van der Waals surface area contributed by atoms with E-state index in [1.165, 1.54) is 18.0 Å². The minimum atomic E-state index is -1.41. The lowest BCUT2D eigenvalue weighted by atomic mass is 9.94. The van der Waals surface area contributed by atoms with E-state index in [2.05, 4.69) is 51.3 Å². The number of carbonyl (C=O) groups is 2. The molecule has 0 aliphatic carbocycles.